The van der Waals surface area contributed by atoms with Crippen molar-refractivity contribution < 1.29 is 29.3 Å². The van der Waals surface area contributed by atoms with Gasteiger partial charge in [0.05, 0.1) is 0 Å². The largest absolute Gasteiger partial charge is 0.508 e. The van der Waals surface area contributed by atoms with Gasteiger partial charge in [0, 0.05) is 24.6 Å². The molecule has 0 bridgehead atoms. The fraction of sp³-hybridized carbons (Fsp3) is 0.417. The number of hydrogen-bond acceptors (Lipinski definition) is 6. The van der Waals surface area contributed by atoms with Crippen LogP contribution < -0.4 is 10.6 Å². The van der Waals surface area contributed by atoms with Crippen molar-refractivity contribution in [2.24, 2.45) is 5.92 Å². The van der Waals surface area contributed by atoms with Crippen LogP contribution in [-0.2, 0) is 27.3 Å². The number of alkyl carbamates (subject to hydrolysis) is 1. The third-order valence-corrected chi connectivity index (χ3v) is 7.32. The molecule has 9 nitrogen and oxygen atoms in total. The molecular weight excluding hydrogens is 570 g/mol. The lowest BCUT2D eigenvalue weighted by Gasteiger charge is -2.39. The second kappa shape index (κ2) is 16.0. The number of nitrogens with one attached hydrogen (secondary N) is 2. The molecular formula is C36H47N3O6. The highest BCUT2D eigenvalue weighted by atomic mass is 16.6. The van der Waals surface area contributed by atoms with Crippen LogP contribution in [-0.4, -0.2) is 50.7 Å². The van der Waals surface area contributed by atoms with Crippen LogP contribution in [0.3, 0.4) is 0 Å². The number of para-hydroxylation sites is 1. The summed E-state index contributed by atoms with van der Waals surface area (Å²) in [6, 6.07) is 19.5. The van der Waals surface area contributed by atoms with E-state index in [9.17, 15) is 24.6 Å². The van der Waals surface area contributed by atoms with E-state index in [1.807, 2.05) is 37.3 Å². The Kier molecular flexibility index (Phi) is 12.4. The molecule has 0 saturated carbocycles. The van der Waals surface area contributed by atoms with Crippen LogP contribution >= 0.6 is 0 Å². The van der Waals surface area contributed by atoms with Gasteiger partial charge in [-0.3, -0.25) is 9.59 Å². The molecule has 0 heterocycles. The molecule has 3 aromatic rings. The number of ether oxygens (including phenoxy) is 1. The topological polar surface area (TPSA) is 128 Å². The van der Waals surface area contributed by atoms with E-state index < -0.39 is 41.6 Å². The van der Waals surface area contributed by atoms with Crippen molar-refractivity contribution in [3.05, 3.63) is 95.6 Å². The Labute approximate surface area is 266 Å². The van der Waals surface area contributed by atoms with Crippen molar-refractivity contribution >= 4 is 17.9 Å². The highest BCUT2D eigenvalue weighted by molar-refractivity contribution is 5.93. The zero-order valence-electron chi connectivity index (χ0n) is 27.1. The van der Waals surface area contributed by atoms with Crippen molar-refractivity contribution in [1.29, 1.82) is 0 Å². The van der Waals surface area contributed by atoms with Gasteiger partial charge in [-0.2, -0.15) is 0 Å². The maximum absolute atomic E-state index is 14.8. The van der Waals surface area contributed by atoms with Gasteiger partial charge in [-0.25, -0.2) is 4.79 Å². The average molecular weight is 618 g/mol. The molecule has 3 amide bonds. The minimum atomic E-state index is -1.20. The molecule has 0 spiro atoms. The van der Waals surface area contributed by atoms with Crippen molar-refractivity contribution in [2.75, 3.05) is 0 Å². The highest BCUT2D eigenvalue weighted by Crippen LogP contribution is 2.33. The number of rotatable bonds is 13. The zero-order valence-corrected chi connectivity index (χ0v) is 27.1. The Morgan fingerprint density at radius 1 is 0.822 bits per heavy atom. The van der Waals surface area contributed by atoms with Crippen LogP contribution in [0, 0.1) is 5.92 Å². The van der Waals surface area contributed by atoms with E-state index in [1.165, 1.54) is 23.1 Å². The SMILES string of the molecule is CC(C)CCC(C)N(C(=O)C(Cc1ccc(O)cc1)NC(=O)OC(C)(C)C)C(C(=O)NCc1ccccc1)c1ccccc1O. The number of phenolic OH excluding ortho intramolecular Hbond substituents is 2. The zero-order chi connectivity index (χ0) is 33.1. The average Bonchev–Trinajstić information content (AvgIpc) is 2.98. The number of hydrogen-bond donors (Lipinski definition) is 4. The summed E-state index contributed by atoms with van der Waals surface area (Å²) in [4.78, 5) is 43.4. The smallest absolute Gasteiger partial charge is 0.408 e. The van der Waals surface area contributed by atoms with Crippen molar-refractivity contribution in [1.82, 2.24) is 15.5 Å². The molecule has 4 N–H and O–H groups in total. The normalized spacial score (nSPS) is 13.4. The van der Waals surface area contributed by atoms with Crippen molar-refractivity contribution in [2.45, 2.75) is 91.1 Å². The Bertz CT molecular complexity index is 1400. The van der Waals surface area contributed by atoms with Gasteiger partial charge in [-0.05, 0) is 75.8 Å². The van der Waals surface area contributed by atoms with E-state index >= 15 is 0 Å². The number of benzene rings is 3. The van der Waals surface area contributed by atoms with Crippen LogP contribution in [0.2, 0.25) is 0 Å². The predicted octanol–water partition coefficient (Wildman–Crippen LogP) is 6.24. The third-order valence-electron chi connectivity index (χ3n) is 7.32. The lowest BCUT2D eigenvalue weighted by molar-refractivity contribution is -0.145. The fourth-order valence-electron chi connectivity index (χ4n) is 5.03. The lowest BCUT2D eigenvalue weighted by Crippen LogP contribution is -2.56. The van der Waals surface area contributed by atoms with Crippen molar-refractivity contribution in [3.8, 4) is 11.5 Å². The summed E-state index contributed by atoms with van der Waals surface area (Å²) in [7, 11) is 0. The molecule has 242 valence electrons. The van der Waals surface area contributed by atoms with Gasteiger partial charge in [0.25, 0.3) is 0 Å². The molecule has 3 atom stereocenters. The maximum Gasteiger partial charge on any atom is 0.408 e. The molecule has 0 aliphatic carbocycles. The minimum absolute atomic E-state index is 0.0698. The predicted molar refractivity (Wildman–Crippen MR) is 174 cm³/mol. The highest BCUT2D eigenvalue weighted by Gasteiger charge is 2.40. The van der Waals surface area contributed by atoms with Crippen LogP contribution in [0.5, 0.6) is 11.5 Å². The van der Waals surface area contributed by atoms with E-state index in [4.69, 9.17) is 4.74 Å². The van der Waals surface area contributed by atoms with Gasteiger partial charge in [-0.15, -0.1) is 0 Å². The summed E-state index contributed by atoms with van der Waals surface area (Å²) in [5, 5.41) is 26.5. The molecule has 0 aliphatic rings. The first-order chi connectivity index (χ1) is 21.2. The molecule has 0 fully saturated rings. The van der Waals surface area contributed by atoms with Crippen LogP contribution in [0.4, 0.5) is 4.79 Å². The third kappa shape index (κ3) is 10.8. The van der Waals surface area contributed by atoms with Gasteiger partial charge in [0.1, 0.15) is 29.2 Å². The van der Waals surface area contributed by atoms with Crippen LogP contribution in [0.25, 0.3) is 0 Å². The Balaban J connectivity index is 2.10. The standard InChI is InChI=1S/C36H47N3O6/c1-24(2)16-17-25(3)39(32(29-14-10-11-15-31(29)41)33(42)37-23-27-12-8-7-9-13-27)34(43)30(38-35(44)45-36(4,5)6)22-26-18-20-28(40)21-19-26/h7-15,18-21,24-25,30,32,40-41H,16-17,22-23H2,1-6H3,(H,37,42)(H,38,44). The first kappa shape index (κ1) is 35.0. The molecule has 0 saturated heterocycles. The van der Waals surface area contributed by atoms with Crippen LogP contribution in [0.15, 0.2) is 78.9 Å². The lowest BCUT2D eigenvalue weighted by atomic mass is 9.95. The molecule has 3 unspecified atom stereocenters. The van der Waals surface area contributed by atoms with E-state index in [0.717, 1.165) is 12.0 Å². The number of amides is 3. The van der Waals surface area contributed by atoms with Gasteiger partial charge in [0.15, 0.2) is 0 Å². The Morgan fingerprint density at radius 2 is 1.44 bits per heavy atom. The molecule has 3 aromatic carbocycles. The summed E-state index contributed by atoms with van der Waals surface area (Å²) in [5.41, 5.74) is 1.03. The Morgan fingerprint density at radius 3 is 2.04 bits per heavy atom. The monoisotopic (exact) mass is 617 g/mol. The molecule has 3 rings (SSSR count). The first-order valence-electron chi connectivity index (χ1n) is 15.4. The van der Waals surface area contributed by atoms with Gasteiger partial charge in [0.2, 0.25) is 11.8 Å². The number of nitrogens with zero attached hydrogens (tertiary/aromatic N) is 1. The summed E-state index contributed by atoms with van der Waals surface area (Å²) >= 11 is 0. The molecule has 0 radical (unpaired) electrons. The van der Waals surface area contributed by atoms with E-state index in [1.54, 1.807) is 51.1 Å². The molecule has 45 heavy (non-hydrogen) atoms. The molecule has 9 heteroatoms. The number of carbonyl (C=O) groups excluding carboxylic acids is 3. The Hall–Kier alpha value is -4.53. The summed E-state index contributed by atoms with van der Waals surface area (Å²) in [5.74, 6) is -0.687. The number of aromatic hydroxyl groups is 2. The quantitative estimate of drug-likeness (QED) is 0.180. The summed E-state index contributed by atoms with van der Waals surface area (Å²) < 4.78 is 5.51. The van der Waals surface area contributed by atoms with Gasteiger partial charge < -0.3 is 30.5 Å². The summed E-state index contributed by atoms with van der Waals surface area (Å²) in [6.45, 7) is 11.5. The van der Waals surface area contributed by atoms with Crippen LogP contribution in [0.1, 0.15) is 77.1 Å². The number of carbonyl (C=O) groups is 3. The van der Waals surface area contributed by atoms with E-state index in [-0.39, 0.29) is 30.0 Å². The molecule has 0 aromatic heterocycles. The maximum atomic E-state index is 14.8. The summed E-state index contributed by atoms with van der Waals surface area (Å²) in [6.07, 6.45) is 0.664. The van der Waals surface area contributed by atoms with Crippen molar-refractivity contribution in [3.63, 3.8) is 0 Å². The minimum Gasteiger partial charge on any atom is -0.508 e. The second-order valence-electron chi connectivity index (χ2n) is 12.8. The van der Waals surface area contributed by atoms with E-state index in [2.05, 4.69) is 24.5 Å². The van der Waals surface area contributed by atoms with Gasteiger partial charge in [-0.1, -0.05) is 74.5 Å². The van der Waals surface area contributed by atoms with E-state index in [0.29, 0.717) is 17.9 Å². The first-order valence-corrected chi connectivity index (χ1v) is 15.4. The molecule has 0 aliphatic heterocycles. The second-order valence-corrected chi connectivity index (χ2v) is 12.8. The van der Waals surface area contributed by atoms with Gasteiger partial charge >= 0.3 is 6.09 Å². The fourth-order valence-corrected chi connectivity index (χ4v) is 5.03. The number of phenols is 2.